The number of para-hydroxylation sites is 1. The fourth-order valence-corrected chi connectivity index (χ4v) is 5.35. The number of hydrogen-bond acceptors (Lipinski definition) is 4. The van der Waals surface area contributed by atoms with Gasteiger partial charge in [0, 0.05) is 42.1 Å². The van der Waals surface area contributed by atoms with Crippen LogP contribution in [0.1, 0.15) is 15.9 Å². The number of halogens is 4. The molecule has 184 valence electrons. The van der Waals surface area contributed by atoms with E-state index in [1.807, 2.05) is 47.4 Å². The van der Waals surface area contributed by atoms with Crippen molar-refractivity contribution in [2.24, 2.45) is 0 Å². The van der Waals surface area contributed by atoms with Gasteiger partial charge in [0.15, 0.2) is 0 Å². The Morgan fingerprint density at radius 2 is 1.61 bits per heavy atom. The second kappa shape index (κ2) is 10.0. The van der Waals surface area contributed by atoms with E-state index in [1.165, 1.54) is 17.8 Å². The summed E-state index contributed by atoms with van der Waals surface area (Å²) in [4.78, 5) is 22.8. The summed E-state index contributed by atoms with van der Waals surface area (Å²) in [7, 11) is 0. The smallest absolute Gasteiger partial charge is 0.368 e. The molecular formula is C27H21ClF3N3OS. The van der Waals surface area contributed by atoms with Gasteiger partial charge in [0.2, 0.25) is 0 Å². The lowest BCUT2D eigenvalue weighted by Gasteiger charge is -2.36. The van der Waals surface area contributed by atoms with Gasteiger partial charge in [-0.2, -0.15) is 13.2 Å². The minimum absolute atomic E-state index is 0.127. The fourth-order valence-electron chi connectivity index (χ4n) is 4.24. The predicted molar refractivity (Wildman–Crippen MR) is 137 cm³/mol. The van der Waals surface area contributed by atoms with Crippen LogP contribution < -0.4 is 4.90 Å². The maximum atomic E-state index is 13.6. The molecule has 1 saturated heterocycles. The third-order valence-electron chi connectivity index (χ3n) is 6.08. The zero-order valence-corrected chi connectivity index (χ0v) is 20.6. The molecule has 4 nitrogen and oxygen atoms in total. The summed E-state index contributed by atoms with van der Waals surface area (Å²) in [6.45, 7) is 1.69. The number of alkyl halides is 3. The number of piperazine rings is 1. The predicted octanol–water partition coefficient (Wildman–Crippen LogP) is 7.02. The second-order valence-electron chi connectivity index (χ2n) is 8.39. The van der Waals surface area contributed by atoms with Gasteiger partial charge in [-0.15, -0.1) is 0 Å². The molecule has 36 heavy (non-hydrogen) atoms. The molecule has 3 aromatic carbocycles. The molecule has 1 amide bonds. The second-order valence-corrected chi connectivity index (χ2v) is 9.85. The molecule has 0 aliphatic carbocycles. The van der Waals surface area contributed by atoms with Crippen molar-refractivity contribution < 1.29 is 18.0 Å². The van der Waals surface area contributed by atoms with Gasteiger partial charge in [-0.05, 0) is 42.5 Å². The molecule has 0 N–H and O–H groups in total. The van der Waals surface area contributed by atoms with Crippen molar-refractivity contribution in [2.75, 3.05) is 31.1 Å². The van der Waals surface area contributed by atoms with Crippen LogP contribution in [0.2, 0.25) is 5.02 Å². The number of aromatic nitrogens is 1. The number of hydrogen-bond donors (Lipinski definition) is 0. The molecule has 9 heteroatoms. The first-order valence-electron chi connectivity index (χ1n) is 11.3. The number of rotatable bonds is 4. The number of carbonyl (C=O) groups excluding carboxylic acids is 1. The molecule has 1 fully saturated rings. The van der Waals surface area contributed by atoms with Crippen molar-refractivity contribution in [3.63, 3.8) is 0 Å². The van der Waals surface area contributed by atoms with Crippen LogP contribution in [0.4, 0.5) is 18.9 Å². The van der Waals surface area contributed by atoms with Gasteiger partial charge >= 0.3 is 6.18 Å². The first kappa shape index (κ1) is 24.5. The third-order valence-corrected chi connectivity index (χ3v) is 7.52. The summed E-state index contributed by atoms with van der Waals surface area (Å²) in [5, 5.41) is 2.02. The lowest BCUT2D eigenvalue weighted by molar-refractivity contribution is -0.137. The number of nitrogens with zero attached hydrogens (tertiary/aromatic N) is 3. The Morgan fingerprint density at radius 3 is 2.36 bits per heavy atom. The molecule has 0 radical (unpaired) electrons. The van der Waals surface area contributed by atoms with E-state index in [0.29, 0.717) is 53.0 Å². The standard InChI is InChI=1S/C27H21ClF3N3OS/c28-22-9-2-4-11-24(22)36-25-17-21(20-8-1-3-10-23(20)32-25)26(35)34-14-12-33(13-15-34)19-7-5-6-18(16-19)27(29,30)31/h1-11,16-17H,12-15H2. The molecule has 0 bridgehead atoms. The van der Waals surface area contributed by atoms with E-state index in [0.717, 1.165) is 22.4 Å². The van der Waals surface area contributed by atoms with Crippen LogP contribution in [-0.4, -0.2) is 42.0 Å². The first-order chi connectivity index (χ1) is 17.3. The van der Waals surface area contributed by atoms with Gasteiger partial charge in [0.25, 0.3) is 5.91 Å². The lowest BCUT2D eigenvalue weighted by Crippen LogP contribution is -2.48. The van der Waals surface area contributed by atoms with Crippen LogP contribution in [0.15, 0.2) is 88.8 Å². The average Bonchev–Trinajstić information content (AvgIpc) is 2.89. The number of anilines is 1. The molecule has 0 saturated carbocycles. The van der Waals surface area contributed by atoms with Crippen LogP contribution >= 0.6 is 23.4 Å². The van der Waals surface area contributed by atoms with Crippen molar-refractivity contribution in [2.45, 2.75) is 16.1 Å². The highest BCUT2D eigenvalue weighted by atomic mass is 35.5. The van der Waals surface area contributed by atoms with Gasteiger partial charge < -0.3 is 9.80 Å². The van der Waals surface area contributed by atoms with Crippen LogP contribution in [0, 0.1) is 0 Å². The molecule has 1 aliphatic rings. The Morgan fingerprint density at radius 1 is 0.889 bits per heavy atom. The van der Waals surface area contributed by atoms with Gasteiger partial charge in [0.1, 0.15) is 5.03 Å². The van der Waals surface area contributed by atoms with Crippen LogP contribution in [0.3, 0.4) is 0 Å². The maximum absolute atomic E-state index is 13.6. The Bertz CT molecular complexity index is 1420. The van der Waals surface area contributed by atoms with Gasteiger partial charge in [-0.1, -0.05) is 59.8 Å². The highest BCUT2D eigenvalue weighted by Gasteiger charge is 2.31. The molecule has 0 atom stereocenters. The monoisotopic (exact) mass is 527 g/mol. The Balaban J connectivity index is 1.37. The largest absolute Gasteiger partial charge is 0.416 e. The normalized spacial score (nSPS) is 14.3. The molecular weight excluding hydrogens is 507 g/mol. The summed E-state index contributed by atoms with van der Waals surface area (Å²) in [5.41, 5.74) is 1.08. The van der Waals surface area contributed by atoms with Crippen LogP contribution in [0.25, 0.3) is 10.9 Å². The topological polar surface area (TPSA) is 36.4 Å². The molecule has 1 aliphatic heterocycles. The zero-order valence-electron chi connectivity index (χ0n) is 19.0. The molecule has 2 heterocycles. The first-order valence-corrected chi connectivity index (χ1v) is 12.5. The van der Waals surface area contributed by atoms with Crippen molar-refractivity contribution in [3.8, 4) is 0 Å². The number of benzene rings is 3. The van der Waals surface area contributed by atoms with Gasteiger partial charge in [-0.25, -0.2) is 4.98 Å². The third kappa shape index (κ3) is 5.15. The average molecular weight is 528 g/mol. The zero-order chi connectivity index (χ0) is 25.3. The maximum Gasteiger partial charge on any atom is 0.416 e. The van der Waals surface area contributed by atoms with Crippen molar-refractivity contribution in [3.05, 3.63) is 95.0 Å². The molecule has 5 rings (SSSR count). The van der Waals surface area contributed by atoms with Crippen molar-refractivity contribution >= 4 is 45.9 Å². The fraction of sp³-hybridized carbons (Fsp3) is 0.185. The van der Waals surface area contributed by atoms with Crippen molar-refractivity contribution in [1.29, 1.82) is 0 Å². The van der Waals surface area contributed by atoms with Crippen LogP contribution in [0.5, 0.6) is 0 Å². The number of fused-ring (bicyclic) bond motifs is 1. The Labute approximate surface area is 215 Å². The Kier molecular flexibility index (Phi) is 6.81. The summed E-state index contributed by atoms with van der Waals surface area (Å²) >= 11 is 7.72. The summed E-state index contributed by atoms with van der Waals surface area (Å²) in [6.07, 6.45) is -4.39. The molecule has 1 aromatic heterocycles. The quantitative estimate of drug-likeness (QED) is 0.286. The Hall–Kier alpha value is -3.23. The highest BCUT2D eigenvalue weighted by molar-refractivity contribution is 7.99. The van der Waals surface area contributed by atoms with E-state index in [4.69, 9.17) is 16.6 Å². The van der Waals surface area contributed by atoms with E-state index in [1.54, 1.807) is 23.1 Å². The highest BCUT2D eigenvalue weighted by Crippen LogP contribution is 2.35. The lowest BCUT2D eigenvalue weighted by atomic mass is 10.1. The minimum Gasteiger partial charge on any atom is -0.368 e. The molecule has 0 spiro atoms. The summed E-state index contributed by atoms with van der Waals surface area (Å²) in [5.74, 6) is -0.127. The van der Waals surface area contributed by atoms with Gasteiger partial charge in [-0.3, -0.25) is 4.79 Å². The molecule has 4 aromatic rings. The van der Waals surface area contributed by atoms with Crippen molar-refractivity contribution in [1.82, 2.24) is 9.88 Å². The SMILES string of the molecule is O=C(c1cc(Sc2ccccc2Cl)nc2ccccc12)N1CCN(c2cccc(C(F)(F)F)c2)CC1. The number of carbonyl (C=O) groups is 1. The van der Waals surface area contributed by atoms with Gasteiger partial charge in [0.05, 0.1) is 21.7 Å². The molecule has 0 unspecified atom stereocenters. The summed E-state index contributed by atoms with van der Waals surface area (Å²) in [6, 6.07) is 22.0. The number of amides is 1. The van der Waals surface area contributed by atoms with E-state index in [2.05, 4.69) is 0 Å². The minimum atomic E-state index is -4.39. The number of pyridine rings is 1. The van der Waals surface area contributed by atoms with E-state index < -0.39 is 11.7 Å². The summed E-state index contributed by atoms with van der Waals surface area (Å²) < 4.78 is 39.4. The van der Waals surface area contributed by atoms with Crippen LogP contribution in [-0.2, 0) is 6.18 Å². The van der Waals surface area contributed by atoms with E-state index in [9.17, 15) is 18.0 Å². The van der Waals surface area contributed by atoms with E-state index >= 15 is 0 Å². The van der Waals surface area contributed by atoms with E-state index in [-0.39, 0.29) is 5.91 Å².